The maximum Gasteiger partial charge on any atom is 0.407 e. The van der Waals surface area contributed by atoms with E-state index in [-0.39, 0.29) is 16.2 Å². The fourth-order valence-corrected chi connectivity index (χ4v) is 2.00. The molecule has 5 nitrogen and oxygen atoms in total. The number of carbonyl (C=O) groups is 1. The van der Waals surface area contributed by atoms with E-state index in [0.29, 0.717) is 18.5 Å². The van der Waals surface area contributed by atoms with Gasteiger partial charge < -0.3 is 19.9 Å². The fourth-order valence-electron chi connectivity index (χ4n) is 2.00. The molecule has 1 amide bonds. The number of fused-ring (bicyclic) bond motifs is 1. The lowest BCUT2D eigenvalue weighted by Crippen LogP contribution is -2.28. The van der Waals surface area contributed by atoms with Crippen LogP contribution in [0.3, 0.4) is 0 Å². The minimum atomic E-state index is -2.89. The average Bonchev–Trinajstić information content (AvgIpc) is 3.03. The highest BCUT2D eigenvalue weighted by Crippen LogP contribution is 2.21. The number of carbonyl (C=O) groups excluding carboxylic acids is 1. The second-order valence-corrected chi connectivity index (χ2v) is 4.97. The number of rotatable bonds is 5. The minimum absolute atomic E-state index is 0.0231. The summed E-state index contributed by atoms with van der Waals surface area (Å²) in [5.74, 6) is 0. The first-order valence-corrected chi connectivity index (χ1v) is 6.51. The summed E-state index contributed by atoms with van der Waals surface area (Å²) in [6, 6.07) is -3.76. The Hall–Kier alpha value is -2.01. The van der Waals surface area contributed by atoms with Crippen LogP contribution in [0.2, 0.25) is 2.82 Å². The van der Waals surface area contributed by atoms with Crippen molar-refractivity contribution in [3.05, 3.63) is 35.5 Å². The number of hydrogen-bond donors (Lipinski definition) is 2. The fraction of sp³-hybridized carbons (Fsp3) is 0.438. The van der Waals surface area contributed by atoms with E-state index in [2.05, 4.69) is 4.74 Å². The highest BCUT2D eigenvalue weighted by Gasteiger charge is 2.22. The number of aromatic nitrogens is 1. The van der Waals surface area contributed by atoms with Crippen molar-refractivity contribution in [1.82, 2.24) is 15.2 Å². The number of hydrogen-bond acceptors (Lipinski definition) is 3. The zero-order valence-corrected chi connectivity index (χ0v) is 11.7. The molecule has 3 rings (SSSR count). The number of alkyl carbamates (subject to hydrolysis) is 1. The predicted octanol–water partition coefficient (Wildman–Crippen LogP) is 1.92. The van der Waals surface area contributed by atoms with Gasteiger partial charge >= 0.3 is 6.09 Å². The molecule has 0 radical (unpaired) electrons. The normalized spacial score (nSPS) is 28.0. The molecule has 0 saturated carbocycles. The van der Waals surface area contributed by atoms with Gasteiger partial charge in [0.2, 0.25) is 0 Å². The first-order chi connectivity index (χ1) is 13.7. The maximum absolute atomic E-state index is 11.7. The van der Waals surface area contributed by atoms with Crippen LogP contribution in [0.25, 0.3) is 10.9 Å². The summed E-state index contributed by atoms with van der Waals surface area (Å²) in [7, 11) is 3.68. The molecular formula is C16H21N3O2. The Bertz CT molecular complexity index is 1020. The Morgan fingerprint density at radius 1 is 1.62 bits per heavy atom. The molecule has 2 N–H and O–H groups in total. The summed E-state index contributed by atoms with van der Waals surface area (Å²) in [6.45, 7) is -2.32. The number of likely N-dealkylation sites (N-methyl/N-ethyl adjacent to an activating group) is 1. The summed E-state index contributed by atoms with van der Waals surface area (Å²) in [4.78, 5) is 14.4. The third-order valence-electron chi connectivity index (χ3n) is 3.07. The van der Waals surface area contributed by atoms with Crippen molar-refractivity contribution in [1.29, 1.82) is 0 Å². The third kappa shape index (κ3) is 3.19. The van der Waals surface area contributed by atoms with Crippen molar-refractivity contribution in [2.24, 2.45) is 0 Å². The Morgan fingerprint density at radius 3 is 3.19 bits per heavy atom. The predicted molar refractivity (Wildman–Crippen MR) is 82.5 cm³/mol. The molecule has 0 unspecified atom stereocenters. The number of H-pyrrole nitrogens is 1. The zero-order valence-electron chi connectivity index (χ0n) is 20.7. The van der Waals surface area contributed by atoms with Crippen LogP contribution in [0.15, 0.2) is 24.3 Å². The Balaban J connectivity index is 2.28. The van der Waals surface area contributed by atoms with Gasteiger partial charge in [-0.2, -0.15) is 0 Å². The van der Waals surface area contributed by atoms with Crippen LogP contribution in [-0.2, 0) is 17.5 Å². The van der Waals surface area contributed by atoms with E-state index in [4.69, 9.17) is 12.4 Å². The second-order valence-electron chi connectivity index (χ2n) is 4.97. The standard InChI is InChI=1S/C16H21N3O2/c1-19(2)6-5-12-9-17-15-4-3-11(8-14(12)15)7-13-10-21-16(20)18-13/h3-4,8-9,13,17H,5-7,10H2,1-2H3,(H,18,20)/t13-/m0/s1/i3D,4D,7D2,8D,10D2/hD2. The van der Waals surface area contributed by atoms with Gasteiger partial charge in [0.15, 0.2) is 2.82 Å². The molecule has 0 aliphatic carbocycles. The number of aromatic amines is 1. The quantitative estimate of drug-likeness (QED) is 0.886. The summed E-state index contributed by atoms with van der Waals surface area (Å²) < 4.78 is 78.1. The zero-order chi connectivity index (χ0) is 22.8. The minimum Gasteiger partial charge on any atom is -0.447 e. The van der Waals surface area contributed by atoms with E-state index in [1.165, 1.54) is 6.20 Å². The van der Waals surface area contributed by atoms with Gasteiger partial charge in [-0.05, 0) is 50.1 Å². The summed E-state index contributed by atoms with van der Waals surface area (Å²) >= 11 is 0. The van der Waals surface area contributed by atoms with Crippen LogP contribution in [0, 0.1) is 0 Å². The average molecular weight is 296 g/mol. The molecule has 0 bridgehead atoms. The first kappa shape index (κ1) is 6.83. The molecule has 1 saturated heterocycles. The molecule has 1 aliphatic rings. The molecule has 0 spiro atoms. The van der Waals surface area contributed by atoms with Crippen LogP contribution >= 0.6 is 0 Å². The SMILES string of the molecule is [2H]c1c(C([2H])([2H])[C@@H]2N([2H])C(=O)OC2([2H])[2H])c([2H])c2c(CCN(C)C)cn([2H])c2c1[2H]. The van der Waals surface area contributed by atoms with E-state index in [0.717, 1.165) is 4.98 Å². The topological polar surface area (TPSA) is 57.4 Å². The smallest absolute Gasteiger partial charge is 0.407 e. The van der Waals surface area contributed by atoms with E-state index in [1.807, 2.05) is 19.0 Å². The van der Waals surface area contributed by atoms with Gasteiger partial charge in [-0.1, -0.05) is 6.04 Å². The lowest BCUT2D eigenvalue weighted by molar-refractivity contribution is 0.177. The molecular weight excluding hydrogens is 266 g/mol. The molecule has 2 aromatic rings. The van der Waals surface area contributed by atoms with Crippen molar-refractivity contribution >= 4 is 17.0 Å². The van der Waals surface area contributed by atoms with Crippen LogP contribution in [0.1, 0.15) is 20.7 Å². The largest absolute Gasteiger partial charge is 0.447 e. The monoisotopic (exact) mass is 296 g/mol. The number of benzene rings is 1. The van der Waals surface area contributed by atoms with Gasteiger partial charge in [-0.3, -0.25) is 0 Å². The summed E-state index contributed by atoms with van der Waals surface area (Å²) in [5.41, 5.74) is -0.140. The number of cyclic esters (lactones) is 1. The summed E-state index contributed by atoms with van der Waals surface area (Å²) in [5, 5.41) is 0.143. The molecule has 2 heterocycles. The number of amides is 1. The van der Waals surface area contributed by atoms with Gasteiger partial charge in [0.25, 0.3) is 0 Å². The Morgan fingerprint density at radius 2 is 2.48 bits per heavy atom. The van der Waals surface area contributed by atoms with Gasteiger partial charge in [-0.15, -0.1) is 0 Å². The van der Waals surface area contributed by atoms with Crippen molar-refractivity contribution in [2.75, 3.05) is 27.2 Å². The van der Waals surface area contributed by atoms with E-state index < -0.39 is 48.8 Å². The van der Waals surface area contributed by atoms with Gasteiger partial charge in [0.05, 0.1) is 12.9 Å². The third-order valence-corrected chi connectivity index (χ3v) is 3.07. The van der Waals surface area contributed by atoms with Crippen LogP contribution in [-0.4, -0.2) is 49.2 Å². The van der Waals surface area contributed by atoms with Gasteiger partial charge in [-0.25, -0.2) is 4.79 Å². The first-order valence-electron chi connectivity index (χ1n) is 10.9. The Labute approximate surface area is 137 Å². The van der Waals surface area contributed by atoms with Crippen LogP contribution < -0.4 is 5.31 Å². The number of ether oxygens (including phenoxy) is 1. The molecule has 1 aromatic heterocycles. The summed E-state index contributed by atoms with van der Waals surface area (Å²) in [6.07, 6.45) is -2.47. The highest BCUT2D eigenvalue weighted by molar-refractivity contribution is 5.84. The molecule has 5 heteroatoms. The van der Waals surface area contributed by atoms with Gasteiger partial charge in [0, 0.05) is 26.4 Å². The van der Waals surface area contributed by atoms with E-state index >= 15 is 0 Å². The highest BCUT2D eigenvalue weighted by atomic mass is 16.6. The molecule has 21 heavy (non-hydrogen) atoms. The molecule has 112 valence electrons. The lowest BCUT2D eigenvalue weighted by Gasteiger charge is -2.09. The molecule has 1 atom stereocenters. The van der Waals surface area contributed by atoms with Crippen molar-refractivity contribution in [2.45, 2.75) is 18.8 Å². The number of nitrogens with zero attached hydrogens (tertiary/aromatic N) is 1. The second kappa shape index (κ2) is 5.77. The Kier molecular flexibility index (Phi) is 1.88. The van der Waals surface area contributed by atoms with Crippen LogP contribution in [0.4, 0.5) is 4.79 Å². The maximum atomic E-state index is 11.7. The molecule has 1 aliphatic heterocycles. The van der Waals surface area contributed by atoms with Gasteiger partial charge in [0.1, 0.15) is 6.56 Å². The van der Waals surface area contributed by atoms with Crippen molar-refractivity contribution in [3.63, 3.8) is 0 Å². The molecule has 1 fully saturated rings. The van der Waals surface area contributed by atoms with E-state index in [1.54, 1.807) is 0 Å². The molecule has 1 aromatic carbocycles. The van der Waals surface area contributed by atoms with Crippen molar-refractivity contribution < 1.29 is 22.0 Å². The lowest BCUT2D eigenvalue weighted by atomic mass is 10.0. The number of nitrogens with one attached hydrogen (secondary N) is 2. The van der Waals surface area contributed by atoms with Crippen LogP contribution in [0.5, 0.6) is 0 Å². The van der Waals surface area contributed by atoms with E-state index in [9.17, 15) is 4.79 Å². The van der Waals surface area contributed by atoms with Crippen molar-refractivity contribution in [3.8, 4) is 0 Å².